The molecule has 2 atom stereocenters. The fourth-order valence-electron chi connectivity index (χ4n) is 3.09. The van der Waals surface area contributed by atoms with Crippen LogP contribution in [0.5, 0.6) is 0 Å². The average molecular weight is 354 g/mol. The van der Waals surface area contributed by atoms with Crippen molar-refractivity contribution in [1.82, 2.24) is 10.2 Å². The maximum Gasteiger partial charge on any atom is 0.253 e. The van der Waals surface area contributed by atoms with Crippen LogP contribution in [-0.4, -0.2) is 42.9 Å². The molecule has 2 amide bonds. The molecule has 5 nitrogen and oxygen atoms in total. The van der Waals surface area contributed by atoms with E-state index >= 15 is 0 Å². The summed E-state index contributed by atoms with van der Waals surface area (Å²) >= 11 is 0. The van der Waals surface area contributed by atoms with Crippen molar-refractivity contribution in [3.05, 3.63) is 35.4 Å². The number of nitrogens with two attached hydrogens (primary N) is 1. The normalized spacial score (nSPS) is 20.0. The van der Waals surface area contributed by atoms with Gasteiger partial charge in [0.25, 0.3) is 11.8 Å². The highest BCUT2D eigenvalue weighted by atomic mass is 35.5. The van der Waals surface area contributed by atoms with Crippen LogP contribution in [0.25, 0.3) is 0 Å². The van der Waals surface area contributed by atoms with Crippen molar-refractivity contribution in [2.24, 2.45) is 11.7 Å². The van der Waals surface area contributed by atoms with E-state index in [1.54, 1.807) is 36.2 Å². The Bertz CT molecular complexity index is 565. The van der Waals surface area contributed by atoms with Crippen LogP contribution < -0.4 is 11.1 Å². The molecule has 1 saturated carbocycles. The standard InChI is InChI=1S/C18H27N3O2.ClH/c1-3-21(2)18(23)14-9-6-8-13(11-14)17(22)20-16-10-5-4-7-15(16)12-19;/h6,8-9,11,15-16H,3-5,7,10,12,19H2,1-2H3,(H,20,22);1H. The molecule has 24 heavy (non-hydrogen) atoms. The lowest BCUT2D eigenvalue weighted by atomic mass is 9.84. The van der Waals surface area contributed by atoms with Gasteiger partial charge >= 0.3 is 0 Å². The Morgan fingerprint density at radius 1 is 1.25 bits per heavy atom. The molecule has 134 valence electrons. The number of carbonyl (C=O) groups is 2. The van der Waals surface area contributed by atoms with Crippen LogP contribution in [0.1, 0.15) is 53.3 Å². The molecule has 1 aromatic carbocycles. The number of hydrogen-bond acceptors (Lipinski definition) is 3. The molecule has 1 fully saturated rings. The van der Waals surface area contributed by atoms with Gasteiger partial charge in [-0.05, 0) is 50.4 Å². The summed E-state index contributed by atoms with van der Waals surface area (Å²) in [5, 5.41) is 3.10. The van der Waals surface area contributed by atoms with Gasteiger partial charge < -0.3 is 16.0 Å². The first-order valence-electron chi connectivity index (χ1n) is 8.43. The van der Waals surface area contributed by atoms with Gasteiger partial charge in [-0.15, -0.1) is 12.4 Å². The molecule has 0 bridgehead atoms. The summed E-state index contributed by atoms with van der Waals surface area (Å²) in [6.07, 6.45) is 4.36. The van der Waals surface area contributed by atoms with Gasteiger partial charge in [0.2, 0.25) is 0 Å². The van der Waals surface area contributed by atoms with E-state index in [9.17, 15) is 9.59 Å². The summed E-state index contributed by atoms with van der Waals surface area (Å²) < 4.78 is 0. The molecule has 0 aliphatic heterocycles. The molecule has 1 aliphatic carbocycles. The molecule has 0 radical (unpaired) electrons. The zero-order chi connectivity index (χ0) is 16.8. The van der Waals surface area contributed by atoms with Crippen molar-refractivity contribution in [1.29, 1.82) is 0 Å². The zero-order valence-corrected chi connectivity index (χ0v) is 15.3. The minimum Gasteiger partial charge on any atom is -0.349 e. The van der Waals surface area contributed by atoms with E-state index in [1.165, 1.54) is 6.42 Å². The first-order chi connectivity index (χ1) is 11.1. The van der Waals surface area contributed by atoms with Crippen LogP contribution in [0.15, 0.2) is 24.3 Å². The maximum absolute atomic E-state index is 12.5. The second kappa shape index (κ2) is 9.64. The predicted octanol–water partition coefficient (Wildman–Crippen LogP) is 2.45. The molecule has 0 heterocycles. The summed E-state index contributed by atoms with van der Waals surface area (Å²) in [5.74, 6) is 0.160. The third-order valence-electron chi connectivity index (χ3n) is 4.72. The number of amides is 2. The quantitative estimate of drug-likeness (QED) is 0.853. The lowest BCUT2D eigenvalue weighted by Gasteiger charge is -2.31. The minimum atomic E-state index is -0.121. The van der Waals surface area contributed by atoms with Crippen LogP contribution in [0.2, 0.25) is 0 Å². The molecule has 6 heteroatoms. The first-order valence-corrected chi connectivity index (χ1v) is 8.43. The van der Waals surface area contributed by atoms with Crippen molar-refractivity contribution in [2.75, 3.05) is 20.1 Å². The number of hydrogen-bond donors (Lipinski definition) is 2. The van der Waals surface area contributed by atoms with E-state index in [-0.39, 0.29) is 30.3 Å². The molecule has 0 aromatic heterocycles. The van der Waals surface area contributed by atoms with E-state index in [2.05, 4.69) is 5.32 Å². The predicted molar refractivity (Wildman–Crippen MR) is 98.6 cm³/mol. The van der Waals surface area contributed by atoms with E-state index in [4.69, 9.17) is 5.73 Å². The lowest BCUT2D eigenvalue weighted by Crippen LogP contribution is -2.44. The van der Waals surface area contributed by atoms with Gasteiger partial charge in [0, 0.05) is 30.8 Å². The number of benzene rings is 1. The Balaban J connectivity index is 0.00000288. The highest BCUT2D eigenvalue weighted by molar-refractivity contribution is 5.99. The first kappa shape index (κ1) is 20.5. The van der Waals surface area contributed by atoms with Crippen molar-refractivity contribution < 1.29 is 9.59 Å². The SMILES string of the molecule is CCN(C)C(=O)c1cccc(C(=O)NC2CCCCC2CN)c1.Cl. The van der Waals surface area contributed by atoms with Crippen molar-refractivity contribution in [3.63, 3.8) is 0 Å². The molecule has 1 aliphatic rings. The topological polar surface area (TPSA) is 75.4 Å². The minimum absolute atomic E-state index is 0. The molecule has 0 saturated heterocycles. The average Bonchev–Trinajstić information content (AvgIpc) is 2.60. The zero-order valence-electron chi connectivity index (χ0n) is 14.5. The van der Waals surface area contributed by atoms with Crippen LogP contribution >= 0.6 is 12.4 Å². The molecule has 2 unspecified atom stereocenters. The Kier molecular flexibility index (Phi) is 8.22. The van der Waals surface area contributed by atoms with Crippen LogP contribution in [0.4, 0.5) is 0 Å². The van der Waals surface area contributed by atoms with E-state index in [0.29, 0.717) is 30.1 Å². The number of nitrogens with zero attached hydrogens (tertiary/aromatic N) is 1. The smallest absolute Gasteiger partial charge is 0.253 e. The molecular weight excluding hydrogens is 326 g/mol. The van der Waals surface area contributed by atoms with Gasteiger partial charge in [-0.25, -0.2) is 0 Å². The molecule has 0 spiro atoms. The van der Waals surface area contributed by atoms with Crippen LogP contribution in [0.3, 0.4) is 0 Å². The largest absolute Gasteiger partial charge is 0.349 e. The van der Waals surface area contributed by atoms with Gasteiger partial charge in [-0.1, -0.05) is 18.9 Å². The number of halogens is 1. The van der Waals surface area contributed by atoms with Gasteiger partial charge in [-0.3, -0.25) is 9.59 Å². The number of nitrogens with one attached hydrogen (secondary N) is 1. The van der Waals surface area contributed by atoms with Gasteiger partial charge in [-0.2, -0.15) is 0 Å². The third-order valence-corrected chi connectivity index (χ3v) is 4.72. The summed E-state index contributed by atoms with van der Waals surface area (Å²) in [6.45, 7) is 3.16. The van der Waals surface area contributed by atoms with Gasteiger partial charge in [0.05, 0.1) is 0 Å². The van der Waals surface area contributed by atoms with Gasteiger partial charge in [0.15, 0.2) is 0 Å². The van der Waals surface area contributed by atoms with Crippen molar-refractivity contribution in [2.45, 2.75) is 38.6 Å². The highest BCUT2D eigenvalue weighted by Crippen LogP contribution is 2.24. The summed E-state index contributed by atoms with van der Waals surface area (Å²) in [4.78, 5) is 26.4. The third kappa shape index (κ3) is 4.95. The number of rotatable bonds is 5. The second-order valence-electron chi connectivity index (χ2n) is 6.26. The van der Waals surface area contributed by atoms with Crippen LogP contribution in [0, 0.1) is 5.92 Å². The van der Waals surface area contributed by atoms with Crippen molar-refractivity contribution >= 4 is 24.2 Å². The van der Waals surface area contributed by atoms with Crippen LogP contribution in [-0.2, 0) is 0 Å². The Hall–Kier alpha value is -1.59. The monoisotopic (exact) mass is 353 g/mol. The lowest BCUT2D eigenvalue weighted by molar-refractivity contribution is 0.0802. The number of carbonyl (C=O) groups excluding carboxylic acids is 2. The fraction of sp³-hybridized carbons (Fsp3) is 0.556. The molecule has 3 N–H and O–H groups in total. The van der Waals surface area contributed by atoms with E-state index in [1.807, 2.05) is 6.92 Å². The molecule has 1 aromatic rings. The Labute approximate surface area is 150 Å². The van der Waals surface area contributed by atoms with E-state index < -0.39 is 0 Å². The summed E-state index contributed by atoms with van der Waals surface area (Å²) in [5.41, 5.74) is 6.89. The molecular formula is C18H28ClN3O2. The second-order valence-corrected chi connectivity index (χ2v) is 6.26. The molecule has 2 rings (SSSR count). The van der Waals surface area contributed by atoms with E-state index in [0.717, 1.165) is 19.3 Å². The van der Waals surface area contributed by atoms with Crippen molar-refractivity contribution in [3.8, 4) is 0 Å². The highest BCUT2D eigenvalue weighted by Gasteiger charge is 2.25. The Morgan fingerprint density at radius 2 is 1.92 bits per heavy atom. The Morgan fingerprint density at radius 3 is 2.58 bits per heavy atom. The summed E-state index contributed by atoms with van der Waals surface area (Å²) in [6, 6.07) is 7.06. The summed E-state index contributed by atoms with van der Waals surface area (Å²) in [7, 11) is 1.75. The maximum atomic E-state index is 12.5. The fourth-order valence-corrected chi connectivity index (χ4v) is 3.09. The van der Waals surface area contributed by atoms with Gasteiger partial charge in [0.1, 0.15) is 0 Å².